The molecule has 0 aliphatic rings. The first-order valence-electron chi connectivity index (χ1n) is 7.83. The van der Waals surface area contributed by atoms with Crippen molar-refractivity contribution >= 4 is 38.2 Å². The number of sulfonamides is 1. The third kappa shape index (κ3) is 4.60. The second-order valence-corrected chi connectivity index (χ2v) is 7.61. The number of amides is 1. The second kappa shape index (κ2) is 6.98. The monoisotopic (exact) mass is 357 g/mol. The summed E-state index contributed by atoms with van der Waals surface area (Å²) in [6.45, 7) is 0. The van der Waals surface area contributed by atoms with E-state index in [1.807, 2.05) is 30.5 Å². The van der Waals surface area contributed by atoms with E-state index < -0.39 is 10.0 Å². The number of aromatic nitrogens is 1. The van der Waals surface area contributed by atoms with Gasteiger partial charge in [0, 0.05) is 29.2 Å². The molecule has 25 heavy (non-hydrogen) atoms. The van der Waals surface area contributed by atoms with Crippen LogP contribution < -0.4 is 10.0 Å². The van der Waals surface area contributed by atoms with Gasteiger partial charge in [0.2, 0.25) is 15.9 Å². The molecule has 0 atom stereocenters. The Morgan fingerprint density at radius 3 is 2.64 bits per heavy atom. The SMILES string of the molecule is CS(=O)(=O)Nc1cccc(NC(=O)CCc2c[nH]c3ccccc23)c1. The van der Waals surface area contributed by atoms with Gasteiger partial charge in [-0.1, -0.05) is 24.3 Å². The van der Waals surface area contributed by atoms with Crippen LogP contribution in [0.3, 0.4) is 0 Å². The van der Waals surface area contributed by atoms with Crippen LogP contribution in [-0.4, -0.2) is 25.6 Å². The summed E-state index contributed by atoms with van der Waals surface area (Å²) in [5.74, 6) is -0.123. The van der Waals surface area contributed by atoms with Gasteiger partial charge in [-0.2, -0.15) is 0 Å². The van der Waals surface area contributed by atoms with Gasteiger partial charge < -0.3 is 10.3 Å². The first kappa shape index (κ1) is 17.0. The van der Waals surface area contributed by atoms with Gasteiger partial charge in [-0.25, -0.2) is 8.42 Å². The number of hydrogen-bond donors (Lipinski definition) is 3. The normalized spacial score (nSPS) is 11.4. The highest BCUT2D eigenvalue weighted by atomic mass is 32.2. The Balaban J connectivity index is 1.62. The summed E-state index contributed by atoms with van der Waals surface area (Å²) >= 11 is 0. The molecule has 6 nitrogen and oxygen atoms in total. The summed E-state index contributed by atoms with van der Waals surface area (Å²) in [5, 5.41) is 3.91. The molecule has 7 heteroatoms. The summed E-state index contributed by atoms with van der Waals surface area (Å²) in [4.78, 5) is 15.4. The van der Waals surface area contributed by atoms with Crippen molar-refractivity contribution in [3.8, 4) is 0 Å². The van der Waals surface area contributed by atoms with Crippen LogP contribution in [-0.2, 0) is 21.2 Å². The van der Waals surface area contributed by atoms with Crippen LogP contribution >= 0.6 is 0 Å². The smallest absolute Gasteiger partial charge is 0.229 e. The van der Waals surface area contributed by atoms with E-state index in [1.165, 1.54) is 0 Å². The third-order valence-corrected chi connectivity index (χ3v) is 4.35. The molecule has 0 aliphatic heterocycles. The molecule has 3 rings (SSSR count). The zero-order valence-corrected chi connectivity index (χ0v) is 14.6. The highest BCUT2D eigenvalue weighted by molar-refractivity contribution is 7.92. The molecule has 0 bridgehead atoms. The molecule has 130 valence electrons. The molecule has 2 aromatic carbocycles. The van der Waals surface area contributed by atoms with Crippen molar-refractivity contribution in [1.82, 2.24) is 4.98 Å². The van der Waals surface area contributed by atoms with Crippen molar-refractivity contribution in [2.75, 3.05) is 16.3 Å². The summed E-state index contributed by atoms with van der Waals surface area (Å²) in [5.41, 5.74) is 3.12. The van der Waals surface area contributed by atoms with E-state index in [0.717, 1.165) is 22.7 Å². The lowest BCUT2D eigenvalue weighted by atomic mass is 10.1. The number of anilines is 2. The Bertz CT molecular complexity index is 1010. The maximum atomic E-state index is 12.2. The fourth-order valence-corrected chi connectivity index (χ4v) is 3.24. The minimum Gasteiger partial charge on any atom is -0.361 e. The van der Waals surface area contributed by atoms with Crippen molar-refractivity contribution in [1.29, 1.82) is 0 Å². The van der Waals surface area contributed by atoms with Crippen molar-refractivity contribution in [2.45, 2.75) is 12.8 Å². The van der Waals surface area contributed by atoms with Gasteiger partial charge in [0.1, 0.15) is 0 Å². The Hall–Kier alpha value is -2.80. The number of nitrogens with one attached hydrogen (secondary N) is 3. The standard InChI is InChI=1S/C18H19N3O3S/c1-25(23,24)21-15-6-4-5-14(11-15)20-18(22)10-9-13-12-19-17-8-3-2-7-16(13)17/h2-8,11-12,19,21H,9-10H2,1H3,(H,20,22). The van der Waals surface area contributed by atoms with Gasteiger partial charge in [0.25, 0.3) is 0 Å². The highest BCUT2D eigenvalue weighted by Crippen LogP contribution is 2.20. The predicted octanol–water partition coefficient (Wildman–Crippen LogP) is 3.11. The van der Waals surface area contributed by atoms with Crippen LogP contribution in [0.15, 0.2) is 54.7 Å². The molecular weight excluding hydrogens is 338 g/mol. The number of para-hydroxylation sites is 1. The van der Waals surface area contributed by atoms with Crippen LogP contribution in [0.5, 0.6) is 0 Å². The average Bonchev–Trinajstić information content (AvgIpc) is 2.95. The van der Waals surface area contributed by atoms with Crippen molar-refractivity contribution in [3.05, 3.63) is 60.3 Å². The maximum Gasteiger partial charge on any atom is 0.229 e. The minimum atomic E-state index is -3.35. The predicted molar refractivity (Wildman–Crippen MR) is 100 cm³/mol. The molecule has 1 heterocycles. The minimum absolute atomic E-state index is 0.123. The summed E-state index contributed by atoms with van der Waals surface area (Å²) in [6, 6.07) is 14.6. The summed E-state index contributed by atoms with van der Waals surface area (Å²) in [6.07, 6.45) is 3.97. The van der Waals surface area contributed by atoms with Crippen LogP contribution in [0.2, 0.25) is 0 Å². The molecule has 0 aliphatic carbocycles. The summed E-state index contributed by atoms with van der Waals surface area (Å²) in [7, 11) is -3.35. The fraction of sp³-hybridized carbons (Fsp3) is 0.167. The molecule has 0 fully saturated rings. The lowest BCUT2D eigenvalue weighted by molar-refractivity contribution is -0.116. The summed E-state index contributed by atoms with van der Waals surface area (Å²) < 4.78 is 24.9. The van der Waals surface area contributed by atoms with Gasteiger partial charge in [0.15, 0.2) is 0 Å². The lowest BCUT2D eigenvalue weighted by Crippen LogP contribution is -2.13. The highest BCUT2D eigenvalue weighted by Gasteiger charge is 2.08. The number of aryl methyl sites for hydroxylation is 1. The fourth-order valence-electron chi connectivity index (χ4n) is 2.68. The third-order valence-electron chi connectivity index (χ3n) is 3.75. The molecule has 0 unspecified atom stereocenters. The first-order chi connectivity index (χ1) is 11.9. The Morgan fingerprint density at radius 1 is 1.08 bits per heavy atom. The van der Waals surface area contributed by atoms with Gasteiger partial charge in [-0.3, -0.25) is 9.52 Å². The molecule has 0 saturated carbocycles. The van der Waals surface area contributed by atoms with Crippen LogP contribution in [0, 0.1) is 0 Å². The van der Waals surface area contributed by atoms with E-state index in [9.17, 15) is 13.2 Å². The molecule has 1 amide bonds. The maximum absolute atomic E-state index is 12.2. The number of rotatable bonds is 6. The number of H-pyrrole nitrogens is 1. The average molecular weight is 357 g/mol. The molecule has 1 aromatic heterocycles. The van der Waals surface area contributed by atoms with E-state index in [-0.39, 0.29) is 5.91 Å². The number of carbonyl (C=O) groups excluding carboxylic acids is 1. The molecule has 0 spiro atoms. The number of benzene rings is 2. The van der Waals surface area contributed by atoms with Crippen LogP contribution in [0.25, 0.3) is 10.9 Å². The van der Waals surface area contributed by atoms with Crippen molar-refractivity contribution < 1.29 is 13.2 Å². The number of aromatic amines is 1. The van der Waals surface area contributed by atoms with Gasteiger partial charge >= 0.3 is 0 Å². The van der Waals surface area contributed by atoms with E-state index >= 15 is 0 Å². The topological polar surface area (TPSA) is 91.1 Å². The number of fused-ring (bicyclic) bond motifs is 1. The van der Waals surface area contributed by atoms with Gasteiger partial charge in [-0.15, -0.1) is 0 Å². The second-order valence-electron chi connectivity index (χ2n) is 5.86. The van der Waals surface area contributed by atoms with E-state index in [0.29, 0.717) is 24.2 Å². The zero-order chi connectivity index (χ0) is 17.9. The quantitative estimate of drug-likeness (QED) is 0.633. The van der Waals surface area contributed by atoms with E-state index in [1.54, 1.807) is 24.3 Å². The molecule has 3 aromatic rings. The van der Waals surface area contributed by atoms with Crippen molar-refractivity contribution in [3.63, 3.8) is 0 Å². The molecule has 0 saturated heterocycles. The van der Waals surface area contributed by atoms with Gasteiger partial charge in [0.05, 0.1) is 11.9 Å². The first-order valence-corrected chi connectivity index (χ1v) is 9.72. The molecule has 0 radical (unpaired) electrons. The number of hydrogen-bond acceptors (Lipinski definition) is 3. The van der Waals surface area contributed by atoms with Crippen LogP contribution in [0.4, 0.5) is 11.4 Å². The van der Waals surface area contributed by atoms with Crippen LogP contribution in [0.1, 0.15) is 12.0 Å². The lowest BCUT2D eigenvalue weighted by Gasteiger charge is -2.08. The number of carbonyl (C=O) groups is 1. The Labute approximate surface area is 146 Å². The molecular formula is C18H19N3O3S. The largest absolute Gasteiger partial charge is 0.361 e. The van der Waals surface area contributed by atoms with E-state index in [4.69, 9.17) is 0 Å². The van der Waals surface area contributed by atoms with Gasteiger partial charge in [-0.05, 0) is 36.2 Å². The Morgan fingerprint density at radius 2 is 1.84 bits per heavy atom. The van der Waals surface area contributed by atoms with Crippen molar-refractivity contribution in [2.24, 2.45) is 0 Å². The Kier molecular flexibility index (Phi) is 4.76. The van der Waals surface area contributed by atoms with E-state index in [2.05, 4.69) is 15.0 Å². The zero-order valence-electron chi connectivity index (χ0n) is 13.7. The molecule has 3 N–H and O–H groups in total.